The summed E-state index contributed by atoms with van der Waals surface area (Å²) in [7, 11) is 1.73. The molecule has 0 radical (unpaired) electrons. The summed E-state index contributed by atoms with van der Waals surface area (Å²) in [6.07, 6.45) is 5.15. The van der Waals surface area contributed by atoms with Crippen LogP contribution in [0.5, 0.6) is 0 Å². The fourth-order valence-corrected chi connectivity index (χ4v) is 3.10. The Kier molecular flexibility index (Phi) is 9.37. The fraction of sp³-hybridized carbons (Fsp3) is 0.650. The van der Waals surface area contributed by atoms with Crippen molar-refractivity contribution < 1.29 is 4.74 Å². The molecule has 0 aromatic heterocycles. The number of unbranched alkanes of at least 4 members (excludes halogenated alkanes) is 1. The largest absolute Gasteiger partial charge is 0.383 e. The number of guanidine groups is 1. The van der Waals surface area contributed by atoms with Crippen LogP contribution in [0.25, 0.3) is 0 Å². The third-order valence-corrected chi connectivity index (χ3v) is 4.45. The van der Waals surface area contributed by atoms with Crippen molar-refractivity contribution >= 4 is 5.96 Å². The van der Waals surface area contributed by atoms with Gasteiger partial charge in [0.1, 0.15) is 0 Å². The smallest absolute Gasteiger partial charge is 0.191 e. The van der Waals surface area contributed by atoms with E-state index in [0.717, 1.165) is 12.5 Å². The van der Waals surface area contributed by atoms with Crippen LogP contribution in [0.4, 0.5) is 0 Å². The first kappa shape index (κ1) is 19.7. The van der Waals surface area contributed by atoms with Gasteiger partial charge in [-0.2, -0.15) is 0 Å². The summed E-state index contributed by atoms with van der Waals surface area (Å²) in [6, 6.07) is 10.6. The first-order chi connectivity index (χ1) is 12.3. The average molecular weight is 347 g/mol. The molecular formula is C20H34N4O. The summed E-state index contributed by atoms with van der Waals surface area (Å²) in [5.41, 5.74) is 1.22. The number of nitrogens with one attached hydrogen (secondary N) is 2. The molecular weight excluding hydrogens is 312 g/mol. The zero-order chi connectivity index (χ0) is 17.7. The Hall–Kier alpha value is -1.59. The number of methoxy groups -OCH3 is 1. The molecule has 5 nitrogen and oxygen atoms in total. The number of aliphatic imine (C=N–C) groups is 1. The van der Waals surface area contributed by atoms with Gasteiger partial charge >= 0.3 is 0 Å². The van der Waals surface area contributed by atoms with Gasteiger partial charge in [0.25, 0.3) is 0 Å². The lowest BCUT2D eigenvalue weighted by Crippen LogP contribution is -2.44. The number of rotatable bonds is 10. The van der Waals surface area contributed by atoms with Gasteiger partial charge in [0, 0.05) is 19.7 Å². The lowest BCUT2D eigenvalue weighted by molar-refractivity contribution is 0.179. The Balaban J connectivity index is 1.74. The van der Waals surface area contributed by atoms with Crippen molar-refractivity contribution in [2.24, 2.45) is 4.99 Å². The fourth-order valence-electron chi connectivity index (χ4n) is 3.10. The maximum atomic E-state index is 5.22. The quantitative estimate of drug-likeness (QED) is 0.388. The molecule has 1 heterocycles. The summed E-state index contributed by atoms with van der Waals surface area (Å²) >= 11 is 0. The molecule has 0 spiro atoms. The van der Waals surface area contributed by atoms with Crippen LogP contribution in [0, 0.1) is 0 Å². The van der Waals surface area contributed by atoms with Gasteiger partial charge < -0.3 is 20.3 Å². The van der Waals surface area contributed by atoms with E-state index in [1.165, 1.54) is 50.9 Å². The lowest BCUT2D eigenvalue weighted by Gasteiger charge is -2.18. The monoisotopic (exact) mass is 346 g/mol. The summed E-state index contributed by atoms with van der Waals surface area (Å²) in [4.78, 5) is 7.29. The van der Waals surface area contributed by atoms with E-state index in [-0.39, 0.29) is 6.04 Å². The van der Waals surface area contributed by atoms with Crippen LogP contribution in [0.1, 0.15) is 38.2 Å². The van der Waals surface area contributed by atoms with Gasteiger partial charge in [0.05, 0.1) is 13.2 Å². The molecule has 1 aromatic carbocycles. The van der Waals surface area contributed by atoms with E-state index >= 15 is 0 Å². The minimum Gasteiger partial charge on any atom is -0.383 e. The molecule has 5 heteroatoms. The highest BCUT2D eigenvalue weighted by atomic mass is 16.5. The van der Waals surface area contributed by atoms with Crippen LogP contribution in [0.2, 0.25) is 0 Å². The molecule has 0 bridgehead atoms. The molecule has 25 heavy (non-hydrogen) atoms. The van der Waals surface area contributed by atoms with Crippen molar-refractivity contribution in [3.63, 3.8) is 0 Å². The Morgan fingerprint density at radius 1 is 1.20 bits per heavy atom. The van der Waals surface area contributed by atoms with Crippen LogP contribution in [0.3, 0.4) is 0 Å². The molecule has 1 saturated heterocycles. The predicted octanol–water partition coefficient (Wildman–Crippen LogP) is 2.63. The van der Waals surface area contributed by atoms with Crippen molar-refractivity contribution in [1.29, 1.82) is 0 Å². The van der Waals surface area contributed by atoms with Crippen molar-refractivity contribution in [1.82, 2.24) is 15.5 Å². The van der Waals surface area contributed by atoms with E-state index in [4.69, 9.17) is 9.73 Å². The van der Waals surface area contributed by atoms with E-state index in [2.05, 4.69) is 46.7 Å². The molecule has 1 fully saturated rings. The van der Waals surface area contributed by atoms with Crippen LogP contribution in [-0.4, -0.2) is 56.8 Å². The molecule has 1 unspecified atom stereocenters. The topological polar surface area (TPSA) is 48.9 Å². The molecule has 1 aliphatic rings. The highest BCUT2D eigenvalue weighted by Crippen LogP contribution is 2.08. The molecule has 140 valence electrons. The maximum absolute atomic E-state index is 5.22. The van der Waals surface area contributed by atoms with Gasteiger partial charge in [-0.1, -0.05) is 30.3 Å². The van der Waals surface area contributed by atoms with Crippen LogP contribution in [0.15, 0.2) is 35.3 Å². The van der Waals surface area contributed by atoms with Gasteiger partial charge in [0.2, 0.25) is 0 Å². The van der Waals surface area contributed by atoms with Crippen molar-refractivity contribution in [3.8, 4) is 0 Å². The third-order valence-electron chi connectivity index (χ3n) is 4.45. The Bertz CT molecular complexity index is 486. The molecule has 0 amide bonds. The minimum atomic E-state index is 0.233. The zero-order valence-electron chi connectivity index (χ0n) is 15.8. The van der Waals surface area contributed by atoms with Crippen LogP contribution >= 0.6 is 0 Å². The first-order valence-corrected chi connectivity index (χ1v) is 9.58. The van der Waals surface area contributed by atoms with Gasteiger partial charge in [0.15, 0.2) is 5.96 Å². The molecule has 2 N–H and O–H groups in total. The number of ether oxygens (including phenoxy) is 1. The molecule has 0 saturated carbocycles. The van der Waals surface area contributed by atoms with Crippen molar-refractivity contribution in [2.75, 3.05) is 39.9 Å². The summed E-state index contributed by atoms with van der Waals surface area (Å²) in [5, 5.41) is 6.89. The number of likely N-dealkylation sites (tertiary alicyclic amines) is 1. The summed E-state index contributed by atoms with van der Waals surface area (Å²) in [6.45, 7) is 8.21. The maximum Gasteiger partial charge on any atom is 0.191 e. The number of nitrogens with zero attached hydrogens (tertiary/aromatic N) is 2. The summed E-state index contributed by atoms with van der Waals surface area (Å²) in [5.74, 6) is 0.870. The van der Waals surface area contributed by atoms with E-state index in [1.807, 2.05) is 6.07 Å². The van der Waals surface area contributed by atoms with E-state index in [1.54, 1.807) is 7.11 Å². The van der Waals surface area contributed by atoms with Gasteiger partial charge in [-0.15, -0.1) is 0 Å². The van der Waals surface area contributed by atoms with Gasteiger partial charge in [-0.25, -0.2) is 4.99 Å². The second-order valence-corrected chi connectivity index (χ2v) is 6.83. The van der Waals surface area contributed by atoms with E-state index in [9.17, 15) is 0 Å². The van der Waals surface area contributed by atoms with Gasteiger partial charge in [-0.3, -0.25) is 0 Å². The Morgan fingerprint density at radius 2 is 1.96 bits per heavy atom. The second-order valence-electron chi connectivity index (χ2n) is 6.83. The number of benzene rings is 1. The normalized spacial score (nSPS) is 16.8. The Morgan fingerprint density at radius 3 is 2.68 bits per heavy atom. The third kappa shape index (κ3) is 8.36. The summed E-state index contributed by atoms with van der Waals surface area (Å²) < 4.78 is 5.22. The predicted molar refractivity (Wildman–Crippen MR) is 105 cm³/mol. The minimum absolute atomic E-state index is 0.233. The molecule has 1 aliphatic heterocycles. The highest BCUT2D eigenvalue weighted by molar-refractivity contribution is 5.80. The van der Waals surface area contributed by atoms with E-state index < -0.39 is 0 Å². The number of hydrogen-bond donors (Lipinski definition) is 2. The highest BCUT2D eigenvalue weighted by Gasteiger charge is 2.10. The van der Waals surface area contributed by atoms with Crippen LogP contribution < -0.4 is 10.6 Å². The average Bonchev–Trinajstić information content (AvgIpc) is 3.13. The lowest BCUT2D eigenvalue weighted by atomic mass is 10.2. The van der Waals surface area contributed by atoms with Crippen LogP contribution in [-0.2, 0) is 11.3 Å². The number of hydrogen-bond acceptors (Lipinski definition) is 3. The Labute approximate surface area is 152 Å². The molecule has 0 aliphatic carbocycles. The molecule has 1 aromatic rings. The zero-order valence-corrected chi connectivity index (χ0v) is 15.8. The second kappa shape index (κ2) is 11.9. The molecule has 2 rings (SSSR count). The van der Waals surface area contributed by atoms with Crippen molar-refractivity contribution in [2.45, 2.75) is 45.2 Å². The molecule has 1 atom stereocenters. The SMILES string of the molecule is COCC(C)NC(=NCc1ccccc1)NCCCCN1CCCC1. The van der Waals surface area contributed by atoms with Crippen molar-refractivity contribution in [3.05, 3.63) is 35.9 Å². The van der Waals surface area contributed by atoms with E-state index in [0.29, 0.717) is 13.2 Å². The standard InChI is InChI=1S/C20H34N4O/c1-18(17-25-2)23-20(22-16-19-10-4-3-5-11-19)21-12-6-7-13-24-14-8-9-15-24/h3-5,10-11,18H,6-9,12-17H2,1-2H3,(H2,21,22,23). The van der Waals surface area contributed by atoms with Gasteiger partial charge in [-0.05, 0) is 57.8 Å². The first-order valence-electron chi connectivity index (χ1n) is 9.58.